The van der Waals surface area contributed by atoms with Crippen LogP contribution in [0.3, 0.4) is 0 Å². The predicted molar refractivity (Wildman–Crippen MR) is 187 cm³/mol. The van der Waals surface area contributed by atoms with Crippen molar-refractivity contribution in [3.05, 3.63) is 69.8 Å². The molecule has 0 spiro atoms. The molecule has 2 fully saturated rings. The van der Waals surface area contributed by atoms with Crippen LogP contribution in [0.2, 0.25) is 0 Å². The highest BCUT2D eigenvalue weighted by molar-refractivity contribution is 5.12. The van der Waals surface area contributed by atoms with Crippen LogP contribution in [0.1, 0.15) is 71.2 Å². The van der Waals surface area contributed by atoms with E-state index in [-0.39, 0.29) is 0 Å². The number of aryl methyl sites for hydroxylation is 8. The van der Waals surface area contributed by atoms with Crippen LogP contribution in [0.5, 0.6) is 0 Å². The predicted octanol–water partition coefficient (Wildman–Crippen LogP) is 3.62. The van der Waals surface area contributed by atoms with Crippen LogP contribution in [-0.4, -0.2) is 111 Å². The summed E-state index contributed by atoms with van der Waals surface area (Å²) >= 11 is 0. The van der Waals surface area contributed by atoms with Gasteiger partial charge in [0.15, 0.2) is 0 Å². The van der Waals surface area contributed by atoms with Gasteiger partial charge in [-0.05, 0) is 77.6 Å². The molecule has 2 saturated heterocycles. The smallest absolute Gasteiger partial charge is 0.0767 e. The van der Waals surface area contributed by atoms with E-state index in [4.69, 9.17) is 20.4 Å². The lowest BCUT2D eigenvalue weighted by Gasteiger charge is -2.33. The zero-order chi connectivity index (χ0) is 33.0. The molecule has 0 N–H and O–H groups in total. The summed E-state index contributed by atoms with van der Waals surface area (Å²) in [7, 11) is 0. The highest BCUT2D eigenvalue weighted by Crippen LogP contribution is 2.16. The van der Waals surface area contributed by atoms with E-state index in [1.807, 2.05) is 0 Å². The molecule has 0 unspecified atom stereocenters. The lowest BCUT2D eigenvalue weighted by Crippen LogP contribution is -2.45. The van der Waals surface area contributed by atoms with Gasteiger partial charge in [0.2, 0.25) is 0 Å². The minimum absolute atomic E-state index is 0.930. The second kappa shape index (κ2) is 15.1. The van der Waals surface area contributed by atoms with Gasteiger partial charge in [-0.15, -0.1) is 0 Å². The highest BCUT2D eigenvalue weighted by Gasteiger charge is 2.21. The first-order valence-corrected chi connectivity index (χ1v) is 18.4. The lowest BCUT2D eigenvalue weighted by molar-refractivity contribution is 0.119. The summed E-state index contributed by atoms with van der Waals surface area (Å²) in [6.45, 7) is 24.9. The molecular formula is C36H56N12. The van der Waals surface area contributed by atoms with E-state index in [0.717, 1.165) is 130 Å². The topological polar surface area (TPSA) is 84.2 Å². The lowest BCUT2D eigenvalue weighted by atomic mass is 10.2. The Hall–Kier alpha value is -3.32. The van der Waals surface area contributed by atoms with Crippen LogP contribution >= 0.6 is 0 Å². The van der Waals surface area contributed by atoms with Gasteiger partial charge in [0.1, 0.15) is 0 Å². The molecule has 12 nitrogen and oxygen atoms in total. The summed E-state index contributed by atoms with van der Waals surface area (Å²) in [6, 6.07) is 9.12. The molecule has 0 atom stereocenters. The van der Waals surface area contributed by atoms with Crippen molar-refractivity contribution in [2.75, 3.05) is 52.4 Å². The minimum Gasteiger partial charge on any atom is -0.295 e. The Balaban J connectivity index is 0.998. The summed E-state index contributed by atoms with van der Waals surface area (Å²) < 4.78 is 8.84. The van der Waals surface area contributed by atoms with Crippen molar-refractivity contribution in [1.29, 1.82) is 0 Å². The minimum atomic E-state index is 0.930. The number of hydrogen-bond acceptors (Lipinski definition) is 8. The van der Waals surface area contributed by atoms with Crippen LogP contribution in [0.25, 0.3) is 0 Å². The molecule has 10 heterocycles. The standard InChI is InChI=1S/C36H56N12/c1-29-21-33-25-41-13-15-42(16-14-41)26-35-23-31(3)47(39-35)11-7-8-12-48-32(4)24-36(40-48)28-44-19-17-43(18-20-44)27-34-22-30(2)46(38-34)10-6-5-9-45(29)37-33/h21-24H,5-20,25-28H2,1-4H3. The average molecular weight is 657 g/mol. The fraction of sp³-hybridized carbons (Fsp3) is 0.667. The quantitative estimate of drug-likeness (QED) is 0.284. The SMILES string of the molecule is Cc1cc2nn1CCCCn1nc(cc1C)CN1CCN(CC1)Cc1cc(C)n(n1)CCCCn1nc(cc1C)CN1CCN(CC1)C2. The van der Waals surface area contributed by atoms with Gasteiger partial charge >= 0.3 is 0 Å². The Morgan fingerprint density at radius 2 is 0.542 bits per heavy atom. The van der Waals surface area contributed by atoms with Crippen molar-refractivity contribution in [2.24, 2.45) is 0 Å². The molecule has 260 valence electrons. The maximum absolute atomic E-state index is 5.01. The van der Waals surface area contributed by atoms with Gasteiger partial charge in [-0.2, -0.15) is 20.4 Å². The number of piperazine rings is 2. The van der Waals surface area contributed by atoms with Crippen LogP contribution in [0.4, 0.5) is 0 Å². The normalized spacial score (nSPS) is 25.1. The molecule has 0 saturated carbocycles. The van der Waals surface area contributed by atoms with Crippen molar-refractivity contribution in [3.8, 4) is 0 Å². The molecule has 4 aromatic rings. The van der Waals surface area contributed by atoms with Crippen molar-refractivity contribution in [2.45, 2.75) is 106 Å². The van der Waals surface area contributed by atoms with E-state index in [2.05, 4.69) is 90.3 Å². The zero-order valence-corrected chi connectivity index (χ0v) is 29.8. The maximum Gasteiger partial charge on any atom is 0.0767 e. The van der Waals surface area contributed by atoms with Crippen LogP contribution in [-0.2, 0) is 52.4 Å². The van der Waals surface area contributed by atoms with E-state index < -0.39 is 0 Å². The van der Waals surface area contributed by atoms with Gasteiger partial charge in [0.25, 0.3) is 0 Å². The van der Waals surface area contributed by atoms with E-state index in [9.17, 15) is 0 Å². The van der Waals surface area contributed by atoms with Gasteiger partial charge in [-0.1, -0.05) is 0 Å². The molecule has 12 bridgehead atoms. The summed E-state index contributed by atoms with van der Waals surface area (Å²) in [5.41, 5.74) is 9.82. The van der Waals surface area contributed by atoms with Crippen LogP contribution in [0, 0.1) is 27.7 Å². The molecule has 4 aromatic heterocycles. The molecule has 10 rings (SSSR count). The number of nitrogens with zero attached hydrogens (tertiary/aromatic N) is 12. The molecule has 0 aromatic carbocycles. The number of rotatable bonds is 0. The van der Waals surface area contributed by atoms with E-state index >= 15 is 0 Å². The van der Waals surface area contributed by atoms with Crippen LogP contribution < -0.4 is 0 Å². The summed E-state index contributed by atoms with van der Waals surface area (Å²) in [4.78, 5) is 10.2. The van der Waals surface area contributed by atoms with Gasteiger partial charge in [0.05, 0.1) is 22.8 Å². The molecule has 6 aliphatic rings. The third-order valence-corrected chi connectivity index (χ3v) is 10.6. The Labute approximate surface area is 286 Å². The Morgan fingerprint density at radius 1 is 0.333 bits per heavy atom. The zero-order valence-electron chi connectivity index (χ0n) is 29.8. The molecule has 0 radical (unpaired) electrons. The van der Waals surface area contributed by atoms with E-state index in [1.165, 1.54) is 45.6 Å². The fourth-order valence-corrected chi connectivity index (χ4v) is 7.70. The second-order valence-corrected chi connectivity index (χ2v) is 14.5. The van der Waals surface area contributed by atoms with E-state index in [1.54, 1.807) is 0 Å². The average Bonchev–Trinajstić information content (AvgIpc) is 3.80. The Morgan fingerprint density at radius 3 is 0.750 bits per heavy atom. The molecular weight excluding hydrogens is 600 g/mol. The second-order valence-electron chi connectivity index (χ2n) is 14.5. The highest BCUT2D eigenvalue weighted by atomic mass is 15.3. The number of aromatic nitrogens is 8. The van der Waals surface area contributed by atoms with E-state index in [0.29, 0.717) is 0 Å². The van der Waals surface area contributed by atoms with Crippen molar-refractivity contribution >= 4 is 0 Å². The number of hydrogen-bond donors (Lipinski definition) is 0. The monoisotopic (exact) mass is 656 g/mol. The first-order valence-electron chi connectivity index (χ1n) is 18.4. The third-order valence-electron chi connectivity index (χ3n) is 10.6. The third kappa shape index (κ3) is 8.27. The van der Waals surface area contributed by atoms with Crippen molar-refractivity contribution < 1.29 is 0 Å². The van der Waals surface area contributed by atoms with Crippen LogP contribution in [0.15, 0.2) is 24.3 Å². The largest absolute Gasteiger partial charge is 0.295 e. The van der Waals surface area contributed by atoms with Crippen molar-refractivity contribution in [3.63, 3.8) is 0 Å². The fourth-order valence-electron chi connectivity index (χ4n) is 7.70. The Bertz CT molecular complexity index is 1380. The molecule has 0 aliphatic carbocycles. The van der Waals surface area contributed by atoms with Gasteiger partial charge in [-0.3, -0.25) is 38.3 Å². The molecule has 12 heteroatoms. The van der Waals surface area contributed by atoms with Gasteiger partial charge in [-0.25, -0.2) is 0 Å². The van der Waals surface area contributed by atoms with Crippen molar-refractivity contribution in [1.82, 2.24) is 58.7 Å². The first-order chi connectivity index (χ1) is 23.3. The molecule has 6 aliphatic heterocycles. The van der Waals surface area contributed by atoms with Gasteiger partial charge in [0, 0.05) is 127 Å². The maximum atomic E-state index is 5.01. The molecule has 48 heavy (non-hydrogen) atoms. The summed E-state index contributed by atoms with van der Waals surface area (Å²) in [5.74, 6) is 0. The summed E-state index contributed by atoms with van der Waals surface area (Å²) in [6.07, 6.45) is 4.41. The first kappa shape index (κ1) is 33.2. The summed E-state index contributed by atoms with van der Waals surface area (Å²) in [5, 5.41) is 20.0. The van der Waals surface area contributed by atoms with Gasteiger partial charge < -0.3 is 0 Å². The Kier molecular flexibility index (Phi) is 10.4. The molecule has 0 amide bonds.